The zero-order chi connectivity index (χ0) is 17.2. The molecule has 0 aromatic heterocycles. The van der Waals surface area contributed by atoms with E-state index in [9.17, 15) is 14.4 Å². The van der Waals surface area contributed by atoms with Gasteiger partial charge in [0.05, 0.1) is 14.2 Å². The Bertz CT molecular complexity index is 536. The fraction of sp³-hybridized carbons (Fsp3) is 0.438. The summed E-state index contributed by atoms with van der Waals surface area (Å²) in [6, 6.07) is 7.41. The first-order chi connectivity index (χ1) is 11.0. The third-order valence-corrected chi connectivity index (χ3v) is 3.02. The Balaban J connectivity index is 2.50. The molecule has 7 heteroatoms. The number of aryl methyl sites for hydroxylation is 1. The molecule has 126 valence electrons. The number of benzene rings is 1. The van der Waals surface area contributed by atoms with Crippen LogP contribution in [-0.2, 0) is 35.1 Å². The monoisotopic (exact) mass is 324 g/mol. The minimum Gasteiger partial charge on any atom is -0.469 e. The normalized spacial score (nSPS) is 11.3. The van der Waals surface area contributed by atoms with E-state index >= 15 is 0 Å². The molecule has 0 saturated heterocycles. The van der Waals surface area contributed by atoms with Crippen molar-refractivity contribution in [3.8, 4) is 0 Å². The fourth-order valence-electron chi connectivity index (χ4n) is 1.68. The van der Waals surface area contributed by atoms with Crippen LogP contribution in [0.1, 0.15) is 24.0 Å². The second-order valence-corrected chi connectivity index (χ2v) is 4.77. The standard InChI is InChI=1S/C16H20O7/c1-11-4-6-12(7-5-11)10-22-16(19)23-13(15(18)21-3)8-9-14(17)20-2/h4-7,13H,8-10H2,1-3H3. The van der Waals surface area contributed by atoms with Crippen LogP contribution in [0.4, 0.5) is 4.79 Å². The van der Waals surface area contributed by atoms with Gasteiger partial charge in [-0.1, -0.05) is 29.8 Å². The van der Waals surface area contributed by atoms with Crippen molar-refractivity contribution in [3.05, 3.63) is 35.4 Å². The Morgan fingerprint density at radius 2 is 1.70 bits per heavy atom. The minimum absolute atomic E-state index is 0.0179. The maximum absolute atomic E-state index is 11.7. The van der Waals surface area contributed by atoms with Crippen LogP contribution in [-0.4, -0.2) is 38.4 Å². The summed E-state index contributed by atoms with van der Waals surface area (Å²) in [4.78, 5) is 34.3. The van der Waals surface area contributed by atoms with Gasteiger partial charge < -0.3 is 18.9 Å². The first kappa shape index (κ1) is 18.5. The molecule has 1 unspecified atom stereocenters. The van der Waals surface area contributed by atoms with Crippen LogP contribution in [0.2, 0.25) is 0 Å². The van der Waals surface area contributed by atoms with Gasteiger partial charge in [-0.3, -0.25) is 4.79 Å². The van der Waals surface area contributed by atoms with Crippen LogP contribution < -0.4 is 0 Å². The highest BCUT2D eigenvalue weighted by Gasteiger charge is 2.25. The van der Waals surface area contributed by atoms with Crippen molar-refractivity contribution in [2.24, 2.45) is 0 Å². The van der Waals surface area contributed by atoms with Crippen molar-refractivity contribution >= 4 is 18.1 Å². The minimum atomic E-state index is -1.22. The van der Waals surface area contributed by atoms with Gasteiger partial charge in [-0.15, -0.1) is 0 Å². The topological polar surface area (TPSA) is 88.1 Å². The van der Waals surface area contributed by atoms with E-state index in [1.165, 1.54) is 7.11 Å². The predicted molar refractivity (Wildman–Crippen MR) is 79.5 cm³/mol. The Morgan fingerprint density at radius 3 is 2.26 bits per heavy atom. The summed E-state index contributed by atoms with van der Waals surface area (Å²) >= 11 is 0. The molecule has 0 spiro atoms. The van der Waals surface area contributed by atoms with Crippen LogP contribution in [0, 0.1) is 6.92 Å². The summed E-state index contributed by atoms with van der Waals surface area (Å²) < 4.78 is 18.8. The molecule has 1 aromatic carbocycles. The second-order valence-electron chi connectivity index (χ2n) is 4.77. The zero-order valence-electron chi connectivity index (χ0n) is 13.4. The van der Waals surface area contributed by atoms with E-state index in [0.717, 1.165) is 18.2 Å². The van der Waals surface area contributed by atoms with Gasteiger partial charge in [0.15, 0.2) is 0 Å². The molecule has 0 heterocycles. The largest absolute Gasteiger partial charge is 0.509 e. The van der Waals surface area contributed by atoms with E-state index in [-0.39, 0.29) is 19.4 Å². The molecule has 0 bridgehead atoms. The van der Waals surface area contributed by atoms with Crippen molar-refractivity contribution in [3.63, 3.8) is 0 Å². The molecule has 23 heavy (non-hydrogen) atoms. The Labute approximate surface area is 134 Å². The van der Waals surface area contributed by atoms with Gasteiger partial charge in [0.1, 0.15) is 6.61 Å². The van der Waals surface area contributed by atoms with E-state index < -0.39 is 24.2 Å². The van der Waals surface area contributed by atoms with E-state index in [1.54, 1.807) is 0 Å². The van der Waals surface area contributed by atoms with Gasteiger partial charge in [-0.05, 0) is 12.5 Å². The molecule has 0 aliphatic carbocycles. The summed E-state index contributed by atoms with van der Waals surface area (Å²) in [5.41, 5.74) is 1.88. The Kier molecular flexibility index (Phi) is 7.59. The van der Waals surface area contributed by atoms with Gasteiger partial charge in [0.25, 0.3) is 0 Å². The summed E-state index contributed by atoms with van der Waals surface area (Å²) in [6.45, 7) is 1.96. The molecule has 1 aromatic rings. The average molecular weight is 324 g/mol. The number of methoxy groups -OCH3 is 2. The number of ether oxygens (including phenoxy) is 4. The lowest BCUT2D eigenvalue weighted by Crippen LogP contribution is -2.29. The number of carbonyl (C=O) groups is 3. The second kappa shape index (κ2) is 9.45. The van der Waals surface area contributed by atoms with Gasteiger partial charge in [0.2, 0.25) is 6.10 Å². The summed E-state index contributed by atoms with van der Waals surface area (Å²) in [7, 11) is 2.39. The van der Waals surface area contributed by atoms with Crippen molar-refractivity contribution in [1.29, 1.82) is 0 Å². The average Bonchev–Trinajstić information content (AvgIpc) is 2.56. The fourth-order valence-corrected chi connectivity index (χ4v) is 1.68. The molecule has 0 fully saturated rings. The van der Waals surface area contributed by atoms with Crippen LogP contribution in [0.25, 0.3) is 0 Å². The molecule has 0 radical (unpaired) electrons. The molecule has 0 amide bonds. The molecule has 1 rings (SSSR count). The van der Waals surface area contributed by atoms with E-state index in [2.05, 4.69) is 9.47 Å². The van der Waals surface area contributed by atoms with Crippen molar-refractivity contribution in [2.45, 2.75) is 32.5 Å². The van der Waals surface area contributed by atoms with Gasteiger partial charge in [-0.25, -0.2) is 9.59 Å². The third kappa shape index (κ3) is 6.82. The quantitative estimate of drug-likeness (QED) is 0.561. The maximum Gasteiger partial charge on any atom is 0.509 e. The first-order valence-corrected chi connectivity index (χ1v) is 7.00. The SMILES string of the molecule is COC(=O)CCC(OC(=O)OCc1ccc(C)cc1)C(=O)OC. The third-order valence-electron chi connectivity index (χ3n) is 3.02. The van der Waals surface area contributed by atoms with Crippen molar-refractivity contribution in [2.75, 3.05) is 14.2 Å². The van der Waals surface area contributed by atoms with Crippen molar-refractivity contribution in [1.82, 2.24) is 0 Å². The number of hydrogen-bond donors (Lipinski definition) is 0. The van der Waals surface area contributed by atoms with Crippen LogP contribution >= 0.6 is 0 Å². The van der Waals surface area contributed by atoms with Crippen LogP contribution in [0.3, 0.4) is 0 Å². The molecule has 1 atom stereocenters. The lowest BCUT2D eigenvalue weighted by Gasteiger charge is -2.15. The number of rotatable bonds is 7. The lowest BCUT2D eigenvalue weighted by atomic mass is 10.2. The molecule has 7 nitrogen and oxygen atoms in total. The van der Waals surface area contributed by atoms with Crippen LogP contribution in [0.5, 0.6) is 0 Å². The van der Waals surface area contributed by atoms with E-state index in [0.29, 0.717) is 0 Å². The molecule has 0 aliphatic heterocycles. The highest BCUT2D eigenvalue weighted by molar-refractivity contribution is 5.78. The van der Waals surface area contributed by atoms with Gasteiger partial charge in [0, 0.05) is 12.8 Å². The molecular weight excluding hydrogens is 304 g/mol. The molecule has 0 saturated carbocycles. The van der Waals surface area contributed by atoms with E-state index in [4.69, 9.17) is 9.47 Å². The summed E-state index contributed by atoms with van der Waals surface area (Å²) in [5, 5.41) is 0. The van der Waals surface area contributed by atoms with Crippen molar-refractivity contribution < 1.29 is 33.3 Å². The highest BCUT2D eigenvalue weighted by Crippen LogP contribution is 2.09. The molecule has 0 N–H and O–H groups in total. The Morgan fingerprint density at radius 1 is 1.04 bits per heavy atom. The Hall–Kier alpha value is -2.57. The van der Waals surface area contributed by atoms with E-state index in [1.807, 2.05) is 31.2 Å². The predicted octanol–water partition coefficient (Wildman–Crippen LogP) is 2.14. The number of hydrogen-bond acceptors (Lipinski definition) is 7. The summed E-state index contributed by atoms with van der Waals surface area (Å²) in [6.07, 6.45) is -2.35. The molecular formula is C16H20O7. The summed E-state index contributed by atoms with van der Waals surface area (Å²) in [5.74, 6) is -1.28. The lowest BCUT2D eigenvalue weighted by molar-refractivity contribution is -0.153. The number of esters is 2. The smallest absolute Gasteiger partial charge is 0.469 e. The van der Waals surface area contributed by atoms with Gasteiger partial charge >= 0.3 is 18.1 Å². The van der Waals surface area contributed by atoms with Gasteiger partial charge in [-0.2, -0.15) is 0 Å². The zero-order valence-corrected chi connectivity index (χ0v) is 13.4. The molecule has 0 aliphatic rings. The first-order valence-electron chi connectivity index (χ1n) is 7.00. The van der Waals surface area contributed by atoms with Crippen LogP contribution in [0.15, 0.2) is 24.3 Å². The number of carbonyl (C=O) groups excluding carboxylic acids is 3. The highest BCUT2D eigenvalue weighted by atomic mass is 16.7. The maximum atomic E-state index is 11.7.